The van der Waals surface area contributed by atoms with E-state index in [1.54, 1.807) is 30.5 Å². The van der Waals surface area contributed by atoms with Crippen LogP contribution in [0.25, 0.3) is 11.1 Å². The average Bonchev–Trinajstić information content (AvgIpc) is 2.79. The molecule has 6 heteroatoms. The summed E-state index contributed by atoms with van der Waals surface area (Å²) in [5.41, 5.74) is 4.87. The van der Waals surface area contributed by atoms with Gasteiger partial charge in [-0.3, -0.25) is 4.98 Å². The van der Waals surface area contributed by atoms with E-state index in [1.807, 2.05) is 12.1 Å². The third kappa shape index (κ3) is 4.94. The van der Waals surface area contributed by atoms with Gasteiger partial charge in [-0.1, -0.05) is 23.7 Å². The molecule has 0 bridgehead atoms. The van der Waals surface area contributed by atoms with Crippen LogP contribution in [0.2, 0.25) is 5.02 Å². The molecule has 1 aliphatic rings. The molecule has 1 aliphatic carbocycles. The highest BCUT2D eigenvalue weighted by atomic mass is 35.5. The molecule has 0 saturated carbocycles. The van der Waals surface area contributed by atoms with E-state index in [9.17, 15) is 14.3 Å². The van der Waals surface area contributed by atoms with Crippen LogP contribution in [0.1, 0.15) is 52.7 Å². The number of halogens is 2. The number of carboxylic acids is 1. The van der Waals surface area contributed by atoms with Crippen LogP contribution < -0.4 is 4.74 Å². The van der Waals surface area contributed by atoms with Gasteiger partial charge in [0.15, 0.2) is 0 Å². The van der Waals surface area contributed by atoms with Crippen molar-refractivity contribution in [3.05, 3.63) is 94.0 Å². The lowest BCUT2D eigenvalue weighted by Crippen LogP contribution is -2.05. The monoisotopic (exact) mass is 437 g/mol. The first kappa shape index (κ1) is 21.1. The predicted molar refractivity (Wildman–Crippen MR) is 119 cm³/mol. The molecular formula is C25H21ClFNO3. The lowest BCUT2D eigenvalue weighted by atomic mass is 9.84. The first-order valence-corrected chi connectivity index (χ1v) is 10.5. The van der Waals surface area contributed by atoms with E-state index in [1.165, 1.54) is 18.3 Å². The Kier molecular flexibility index (Phi) is 6.33. The maximum absolute atomic E-state index is 13.2. The second-order valence-electron chi connectivity index (χ2n) is 7.49. The number of benzene rings is 2. The van der Waals surface area contributed by atoms with Gasteiger partial charge in [-0.15, -0.1) is 0 Å². The fourth-order valence-electron chi connectivity index (χ4n) is 3.85. The van der Waals surface area contributed by atoms with Gasteiger partial charge in [-0.05, 0) is 84.4 Å². The molecule has 0 aliphatic heterocycles. The number of rotatable bonds is 6. The zero-order valence-corrected chi connectivity index (χ0v) is 17.5. The van der Waals surface area contributed by atoms with Crippen molar-refractivity contribution < 1.29 is 19.0 Å². The molecule has 0 spiro atoms. The Labute approximate surface area is 185 Å². The molecule has 4 nitrogen and oxygen atoms in total. The summed E-state index contributed by atoms with van der Waals surface area (Å²) in [6.45, 7) is 0.299. The van der Waals surface area contributed by atoms with E-state index in [2.05, 4.69) is 4.98 Å². The van der Waals surface area contributed by atoms with Crippen molar-refractivity contribution >= 4 is 28.7 Å². The number of allylic oxidation sites excluding steroid dienone is 2. The van der Waals surface area contributed by atoms with Gasteiger partial charge in [0.2, 0.25) is 0 Å². The number of carboxylic acid groups (broad SMARTS) is 1. The van der Waals surface area contributed by atoms with E-state index in [0.29, 0.717) is 17.4 Å². The lowest BCUT2D eigenvalue weighted by molar-refractivity contribution is 0.0696. The number of aromatic carboxylic acids is 1. The van der Waals surface area contributed by atoms with Gasteiger partial charge in [0.1, 0.15) is 18.2 Å². The van der Waals surface area contributed by atoms with Crippen LogP contribution in [0.3, 0.4) is 0 Å². The maximum Gasteiger partial charge on any atom is 0.337 e. The molecular weight excluding hydrogens is 417 g/mol. The average molecular weight is 438 g/mol. The van der Waals surface area contributed by atoms with Crippen molar-refractivity contribution in [1.82, 2.24) is 4.98 Å². The van der Waals surface area contributed by atoms with Crippen LogP contribution in [0.4, 0.5) is 4.39 Å². The topological polar surface area (TPSA) is 59.4 Å². The minimum atomic E-state index is -1.00. The normalized spacial score (nSPS) is 13.9. The molecule has 0 amide bonds. The van der Waals surface area contributed by atoms with E-state index in [-0.39, 0.29) is 11.4 Å². The molecule has 0 radical (unpaired) electrons. The quantitative estimate of drug-likeness (QED) is 0.469. The first-order valence-electron chi connectivity index (χ1n) is 10.1. The van der Waals surface area contributed by atoms with Gasteiger partial charge >= 0.3 is 5.97 Å². The van der Waals surface area contributed by atoms with E-state index in [4.69, 9.17) is 16.3 Å². The molecule has 2 aromatic carbocycles. The lowest BCUT2D eigenvalue weighted by Gasteiger charge is -2.23. The maximum atomic E-state index is 13.2. The Morgan fingerprint density at radius 2 is 1.77 bits per heavy atom. The van der Waals surface area contributed by atoms with Crippen molar-refractivity contribution in [3.8, 4) is 5.75 Å². The molecule has 158 valence electrons. The zero-order chi connectivity index (χ0) is 21.8. The number of hydrogen-bond acceptors (Lipinski definition) is 3. The summed E-state index contributed by atoms with van der Waals surface area (Å²) in [5, 5.41) is 9.95. The van der Waals surface area contributed by atoms with Gasteiger partial charge < -0.3 is 9.84 Å². The van der Waals surface area contributed by atoms with Crippen LogP contribution in [0, 0.1) is 5.82 Å². The molecule has 0 saturated heterocycles. The largest absolute Gasteiger partial charge is 0.488 e. The standard InChI is InChI=1S/C25H21ClFNO3/c26-19-7-10-24(31-15-16-5-8-20(27)9-6-16)23(12-19)22-4-2-1-3-21(22)17-11-18(25(29)30)14-28-13-17/h5-14H,1-4,15H2,(H,29,30). The summed E-state index contributed by atoms with van der Waals surface area (Å²) < 4.78 is 19.3. The second kappa shape index (κ2) is 9.31. The highest BCUT2D eigenvalue weighted by Gasteiger charge is 2.20. The van der Waals surface area contributed by atoms with Gasteiger partial charge in [-0.25, -0.2) is 9.18 Å². The van der Waals surface area contributed by atoms with Crippen LogP contribution >= 0.6 is 11.6 Å². The molecule has 1 N–H and O–H groups in total. The minimum Gasteiger partial charge on any atom is -0.488 e. The third-order valence-corrected chi connectivity index (χ3v) is 5.61. The van der Waals surface area contributed by atoms with Crippen molar-refractivity contribution in [2.45, 2.75) is 32.3 Å². The van der Waals surface area contributed by atoms with Crippen LogP contribution in [0.5, 0.6) is 5.75 Å². The Morgan fingerprint density at radius 1 is 1.03 bits per heavy atom. The van der Waals surface area contributed by atoms with E-state index in [0.717, 1.165) is 53.5 Å². The van der Waals surface area contributed by atoms with Crippen molar-refractivity contribution in [2.24, 2.45) is 0 Å². The van der Waals surface area contributed by atoms with Crippen molar-refractivity contribution in [3.63, 3.8) is 0 Å². The molecule has 1 aromatic heterocycles. The third-order valence-electron chi connectivity index (χ3n) is 5.38. The van der Waals surface area contributed by atoms with Gasteiger partial charge in [-0.2, -0.15) is 0 Å². The molecule has 0 unspecified atom stereocenters. The number of aromatic nitrogens is 1. The smallest absolute Gasteiger partial charge is 0.337 e. The Balaban J connectivity index is 1.73. The summed E-state index contributed by atoms with van der Waals surface area (Å²) >= 11 is 6.32. The number of hydrogen-bond donors (Lipinski definition) is 1. The van der Waals surface area contributed by atoms with Crippen LogP contribution in [0.15, 0.2) is 60.9 Å². The fraction of sp³-hybridized carbons (Fsp3) is 0.200. The highest BCUT2D eigenvalue weighted by Crippen LogP contribution is 2.42. The van der Waals surface area contributed by atoms with Crippen LogP contribution in [-0.2, 0) is 6.61 Å². The number of ether oxygens (including phenoxy) is 1. The summed E-state index contributed by atoms with van der Waals surface area (Å²) in [6, 6.07) is 13.4. The van der Waals surface area contributed by atoms with Gasteiger partial charge in [0.25, 0.3) is 0 Å². The summed E-state index contributed by atoms with van der Waals surface area (Å²) in [5.74, 6) is -0.603. The molecule has 31 heavy (non-hydrogen) atoms. The minimum absolute atomic E-state index is 0.161. The fourth-order valence-corrected chi connectivity index (χ4v) is 4.02. The summed E-state index contributed by atoms with van der Waals surface area (Å²) in [7, 11) is 0. The van der Waals surface area contributed by atoms with E-state index >= 15 is 0 Å². The Morgan fingerprint density at radius 3 is 2.52 bits per heavy atom. The SMILES string of the molecule is O=C(O)c1cncc(C2=C(c3cc(Cl)ccc3OCc3ccc(F)cc3)CCCC2)c1. The van der Waals surface area contributed by atoms with Crippen molar-refractivity contribution in [1.29, 1.82) is 0 Å². The van der Waals surface area contributed by atoms with Gasteiger partial charge in [0.05, 0.1) is 5.56 Å². The highest BCUT2D eigenvalue weighted by molar-refractivity contribution is 6.30. The molecule has 1 heterocycles. The van der Waals surface area contributed by atoms with Crippen LogP contribution in [-0.4, -0.2) is 16.1 Å². The molecule has 0 fully saturated rings. The second-order valence-corrected chi connectivity index (χ2v) is 7.92. The molecule has 4 rings (SSSR count). The number of carbonyl (C=O) groups is 1. The molecule has 3 aromatic rings. The van der Waals surface area contributed by atoms with E-state index < -0.39 is 5.97 Å². The summed E-state index contributed by atoms with van der Waals surface area (Å²) in [6.07, 6.45) is 6.75. The first-order chi connectivity index (χ1) is 15.0. The van der Waals surface area contributed by atoms with Crippen molar-refractivity contribution in [2.75, 3.05) is 0 Å². The van der Waals surface area contributed by atoms with Gasteiger partial charge in [0, 0.05) is 23.0 Å². The number of nitrogens with zero attached hydrogens (tertiary/aromatic N) is 1. The zero-order valence-electron chi connectivity index (χ0n) is 16.8. The Bertz CT molecular complexity index is 1140. The predicted octanol–water partition coefficient (Wildman–Crippen LogP) is 6.64. The Hall–Kier alpha value is -3.18. The molecule has 0 atom stereocenters. The number of pyridine rings is 1. The summed E-state index contributed by atoms with van der Waals surface area (Å²) in [4.78, 5) is 15.5.